The van der Waals surface area contributed by atoms with E-state index >= 15 is 0 Å². The van der Waals surface area contributed by atoms with E-state index in [1.165, 1.54) is 11.8 Å². The topological polar surface area (TPSA) is 75.7 Å². The third-order valence-electron chi connectivity index (χ3n) is 5.28. The molecule has 1 N–H and O–H groups in total. The van der Waals surface area contributed by atoms with Crippen LogP contribution >= 0.6 is 0 Å². The van der Waals surface area contributed by atoms with Crippen LogP contribution in [0.4, 0.5) is 5.69 Å². The van der Waals surface area contributed by atoms with Gasteiger partial charge in [-0.25, -0.2) is 0 Å². The van der Waals surface area contributed by atoms with Crippen molar-refractivity contribution in [3.63, 3.8) is 0 Å². The predicted molar refractivity (Wildman–Crippen MR) is 122 cm³/mol. The number of carbonyl (C=O) groups excluding carboxylic acids is 3. The molecule has 0 heterocycles. The molecule has 0 fully saturated rings. The van der Waals surface area contributed by atoms with Crippen LogP contribution in [0.3, 0.4) is 0 Å². The van der Waals surface area contributed by atoms with Crippen LogP contribution in [0, 0.1) is 0 Å². The number of Topliss-reactive ketones (excluding diaryl/α,β-unsaturated/α-hetero) is 2. The highest BCUT2D eigenvalue weighted by atomic mass is 16.5. The molecule has 6 nitrogen and oxygen atoms in total. The number of allylic oxidation sites excluding steroid dienone is 2. The molecule has 0 aliphatic heterocycles. The predicted octanol–water partition coefficient (Wildman–Crippen LogP) is 4.13. The molecule has 0 unspecified atom stereocenters. The lowest BCUT2D eigenvalue weighted by molar-refractivity contribution is -0.116. The highest BCUT2D eigenvalue weighted by molar-refractivity contribution is 6.29. The minimum atomic E-state index is -0.387. The number of nitrogens with zero attached hydrogens (tertiary/aromatic N) is 1. The Balaban J connectivity index is 1.85. The van der Waals surface area contributed by atoms with E-state index in [9.17, 15) is 14.4 Å². The summed E-state index contributed by atoms with van der Waals surface area (Å²) >= 11 is 0. The molecule has 0 bridgehead atoms. The van der Waals surface area contributed by atoms with Crippen molar-refractivity contribution in [3.8, 4) is 5.75 Å². The molecular formula is C26H22N2O4. The second-order valence-corrected chi connectivity index (χ2v) is 7.32. The molecule has 0 spiro atoms. The van der Waals surface area contributed by atoms with Gasteiger partial charge in [-0.3, -0.25) is 19.3 Å². The summed E-state index contributed by atoms with van der Waals surface area (Å²) in [5, 5.41) is 3.13. The Kier molecular flexibility index (Phi) is 5.85. The van der Waals surface area contributed by atoms with Crippen molar-refractivity contribution in [1.29, 1.82) is 0 Å². The number of methoxy groups -OCH3 is 1. The van der Waals surface area contributed by atoms with Gasteiger partial charge in [-0.05, 0) is 29.8 Å². The molecule has 160 valence electrons. The van der Waals surface area contributed by atoms with Crippen LogP contribution < -0.4 is 15.0 Å². The van der Waals surface area contributed by atoms with Crippen molar-refractivity contribution in [3.05, 3.63) is 107 Å². The van der Waals surface area contributed by atoms with Crippen molar-refractivity contribution in [2.75, 3.05) is 12.0 Å². The molecule has 0 radical (unpaired) electrons. The number of benzene rings is 3. The van der Waals surface area contributed by atoms with Crippen molar-refractivity contribution < 1.29 is 19.1 Å². The minimum Gasteiger partial charge on any atom is -0.497 e. The van der Waals surface area contributed by atoms with E-state index in [1.807, 2.05) is 30.3 Å². The van der Waals surface area contributed by atoms with Gasteiger partial charge in [-0.15, -0.1) is 0 Å². The van der Waals surface area contributed by atoms with Crippen LogP contribution in [0.25, 0.3) is 0 Å². The Morgan fingerprint density at radius 3 is 2.03 bits per heavy atom. The molecule has 1 aliphatic carbocycles. The fourth-order valence-electron chi connectivity index (χ4n) is 3.73. The lowest BCUT2D eigenvalue weighted by atomic mass is 9.89. The maximum absolute atomic E-state index is 13.6. The van der Waals surface area contributed by atoms with E-state index in [1.54, 1.807) is 55.6 Å². The zero-order chi connectivity index (χ0) is 22.7. The summed E-state index contributed by atoms with van der Waals surface area (Å²) in [5.41, 5.74) is 2.11. The average Bonchev–Trinajstić information content (AvgIpc) is 2.83. The summed E-state index contributed by atoms with van der Waals surface area (Å²) in [6, 6.07) is 23.0. The third kappa shape index (κ3) is 3.90. The van der Waals surface area contributed by atoms with Gasteiger partial charge in [0, 0.05) is 30.3 Å². The summed E-state index contributed by atoms with van der Waals surface area (Å²) in [6.07, 6.45) is 0. The van der Waals surface area contributed by atoms with Crippen molar-refractivity contribution in [2.45, 2.75) is 13.5 Å². The first-order valence-corrected chi connectivity index (χ1v) is 10.2. The first-order valence-electron chi connectivity index (χ1n) is 10.2. The SMILES string of the molecule is COc1ccc(N(C(C)=O)C2=C(NCc3ccccc3)C(=O)c3ccccc3C2=O)cc1. The third-order valence-corrected chi connectivity index (χ3v) is 5.28. The first kappa shape index (κ1) is 21.1. The Bertz CT molecular complexity index is 1210. The molecule has 1 amide bonds. The zero-order valence-electron chi connectivity index (χ0n) is 17.8. The van der Waals surface area contributed by atoms with Crippen LogP contribution in [0.2, 0.25) is 0 Å². The van der Waals surface area contributed by atoms with E-state index in [4.69, 9.17) is 4.74 Å². The largest absolute Gasteiger partial charge is 0.497 e. The lowest BCUT2D eigenvalue weighted by Crippen LogP contribution is -2.40. The molecule has 32 heavy (non-hydrogen) atoms. The maximum Gasteiger partial charge on any atom is 0.228 e. The normalized spacial score (nSPS) is 12.9. The van der Waals surface area contributed by atoms with Crippen LogP contribution in [-0.4, -0.2) is 24.6 Å². The fourth-order valence-corrected chi connectivity index (χ4v) is 3.73. The van der Waals surface area contributed by atoms with Crippen LogP contribution in [0.5, 0.6) is 5.75 Å². The number of hydrogen-bond acceptors (Lipinski definition) is 5. The van der Waals surface area contributed by atoms with Gasteiger partial charge in [-0.1, -0.05) is 54.6 Å². The number of anilines is 1. The number of rotatable bonds is 6. The smallest absolute Gasteiger partial charge is 0.228 e. The molecule has 0 saturated carbocycles. The number of carbonyl (C=O) groups is 3. The minimum absolute atomic E-state index is 0.0160. The molecule has 3 aromatic carbocycles. The van der Waals surface area contributed by atoms with Gasteiger partial charge in [0.1, 0.15) is 17.1 Å². The number of amides is 1. The molecule has 4 rings (SSSR count). The fraction of sp³-hybridized carbons (Fsp3) is 0.115. The summed E-state index contributed by atoms with van der Waals surface area (Å²) in [5.74, 6) is -0.484. The number of ether oxygens (including phenoxy) is 1. The van der Waals surface area contributed by atoms with Crippen molar-refractivity contribution in [2.24, 2.45) is 0 Å². The van der Waals surface area contributed by atoms with E-state index in [0.29, 0.717) is 23.5 Å². The first-order chi connectivity index (χ1) is 15.5. The number of hydrogen-bond donors (Lipinski definition) is 1. The van der Waals surface area contributed by atoms with Crippen LogP contribution in [0.15, 0.2) is 90.3 Å². The van der Waals surface area contributed by atoms with Gasteiger partial charge in [0.15, 0.2) is 0 Å². The second-order valence-electron chi connectivity index (χ2n) is 7.32. The second kappa shape index (κ2) is 8.89. The molecule has 1 aliphatic rings. The molecular weight excluding hydrogens is 404 g/mol. The highest BCUT2D eigenvalue weighted by Gasteiger charge is 2.37. The molecule has 0 atom stereocenters. The molecule has 6 heteroatoms. The van der Waals surface area contributed by atoms with E-state index in [2.05, 4.69) is 5.32 Å². The quantitative estimate of drug-likeness (QED) is 0.642. The van der Waals surface area contributed by atoms with E-state index in [-0.39, 0.29) is 34.4 Å². The number of fused-ring (bicyclic) bond motifs is 1. The standard InChI is InChI=1S/C26H22N2O4/c1-17(29)28(19-12-14-20(32-2)15-13-19)24-23(27-16-18-8-4-3-5-9-18)25(30)21-10-6-7-11-22(21)26(24)31/h3-15,27H,16H2,1-2H3. The van der Waals surface area contributed by atoms with Gasteiger partial charge >= 0.3 is 0 Å². The van der Waals surface area contributed by atoms with Crippen molar-refractivity contribution >= 4 is 23.2 Å². The van der Waals surface area contributed by atoms with Gasteiger partial charge in [0.25, 0.3) is 0 Å². The van der Waals surface area contributed by atoms with Gasteiger partial charge in [0.2, 0.25) is 17.5 Å². The zero-order valence-corrected chi connectivity index (χ0v) is 17.8. The van der Waals surface area contributed by atoms with E-state index in [0.717, 1.165) is 5.56 Å². The lowest BCUT2D eigenvalue weighted by Gasteiger charge is -2.29. The monoisotopic (exact) mass is 426 g/mol. The summed E-state index contributed by atoms with van der Waals surface area (Å²) < 4.78 is 5.20. The van der Waals surface area contributed by atoms with Gasteiger partial charge in [-0.2, -0.15) is 0 Å². The van der Waals surface area contributed by atoms with Crippen LogP contribution in [-0.2, 0) is 11.3 Å². The average molecular weight is 426 g/mol. The summed E-state index contributed by atoms with van der Waals surface area (Å²) in [6.45, 7) is 1.69. The molecule has 3 aromatic rings. The Morgan fingerprint density at radius 2 is 1.44 bits per heavy atom. The Morgan fingerprint density at radius 1 is 0.844 bits per heavy atom. The van der Waals surface area contributed by atoms with Gasteiger partial charge in [0.05, 0.1) is 7.11 Å². The Labute approximate surface area is 186 Å². The summed E-state index contributed by atoms with van der Waals surface area (Å²) in [4.78, 5) is 41.0. The molecule has 0 saturated heterocycles. The van der Waals surface area contributed by atoms with Crippen molar-refractivity contribution in [1.82, 2.24) is 5.32 Å². The van der Waals surface area contributed by atoms with Crippen LogP contribution in [0.1, 0.15) is 33.2 Å². The number of nitrogens with one attached hydrogen (secondary N) is 1. The van der Waals surface area contributed by atoms with E-state index < -0.39 is 0 Å². The number of ketones is 2. The molecule has 0 aromatic heterocycles. The van der Waals surface area contributed by atoms with Gasteiger partial charge < -0.3 is 10.1 Å². The Hall–Kier alpha value is -4.19. The highest BCUT2D eigenvalue weighted by Crippen LogP contribution is 2.31. The maximum atomic E-state index is 13.6. The summed E-state index contributed by atoms with van der Waals surface area (Å²) in [7, 11) is 1.55.